The first-order valence-electron chi connectivity index (χ1n) is 5.99. The van der Waals surface area contributed by atoms with Crippen molar-refractivity contribution in [3.8, 4) is 5.75 Å². The average Bonchev–Trinajstić information content (AvgIpc) is 2.46. The first-order chi connectivity index (χ1) is 9.22. The Kier molecular flexibility index (Phi) is 5.14. The summed E-state index contributed by atoms with van der Waals surface area (Å²) >= 11 is 7.64. The van der Waals surface area contributed by atoms with Crippen molar-refractivity contribution < 1.29 is 4.74 Å². The van der Waals surface area contributed by atoms with E-state index in [2.05, 4.69) is 0 Å². The summed E-state index contributed by atoms with van der Waals surface area (Å²) < 4.78 is 5.15. The molecule has 19 heavy (non-hydrogen) atoms. The predicted molar refractivity (Wildman–Crippen MR) is 82.1 cm³/mol. The van der Waals surface area contributed by atoms with Gasteiger partial charge in [-0.05, 0) is 42.0 Å². The van der Waals surface area contributed by atoms with E-state index < -0.39 is 0 Å². The van der Waals surface area contributed by atoms with Gasteiger partial charge in [-0.2, -0.15) is 0 Å². The van der Waals surface area contributed by atoms with Crippen LogP contribution in [0.25, 0.3) is 0 Å². The molecular weight excluding hydrogens is 278 g/mol. The van der Waals surface area contributed by atoms with Gasteiger partial charge in [0.2, 0.25) is 0 Å². The summed E-state index contributed by atoms with van der Waals surface area (Å²) in [6.07, 6.45) is 0. The second-order valence-electron chi connectivity index (χ2n) is 4.07. The van der Waals surface area contributed by atoms with Crippen molar-refractivity contribution >= 4 is 23.4 Å². The maximum atomic E-state index is 5.90. The van der Waals surface area contributed by atoms with Gasteiger partial charge in [-0.1, -0.05) is 23.7 Å². The summed E-state index contributed by atoms with van der Waals surface area (Å²) in [6, 6.07) is 15.8. The lowest BCUT2D eigenvalue weighted by Crippen LogP contribution is -2.09. The molecule has 0 fully saturated rings. The standard InChI is InChI=1S/C15H16ClNOS/c1-18-13-6-8-14(9-7-13)19-15(10-17)11-2-4-12(16)5-3-11/h2-9,15H,10,17H2,1H3. The number of rotatable bonds is 5. The minimum absolute atomic E-state index is 0.227. The summed E-state index contributed by atoms with van der Waals surface area (Å²) in [4.78, 5) is 1.17. The van der Waals surface area contributed by atoms with E-state index in [9.17, 15) is 0 Å². The lowest BCUT2D eigenvalue weighted by atomic mass is 10.1. The number of benzene rings is 2. The van der Waals surface area contributed by atoms with Crippen LogP contribution in [0, 0.1) is 0 Å². The van der Waals surface area contributed by atoms with E-state index in [-0.39, 0.29) is 5.25 Å². The van der Waals surface area contributed by atoms with Crippen LogP contribution in [0.4, 0.5) is 0 Å². The SMILES string of the molecule is COc1ccc(SC(CN)c2ccc(Cl)cc2)cc1. The Balaban J connectivity index is 2.11. The highest BCUT2D eigenvalue weighted by Gasteiger charge is 2.11. The minimum Gasteiger partial charge on any atom is -0.497 e. The van der Waals surface area contributed by atoms with E-state index in [1.54, 1.807) is 18.9 Å². The van der Waals surface area contributed by atoms with E-state index in [1.165, 1.54) is 10.5 Å². The molecule has 4 heteroatoms. The van der Waals surface area contributed by atoms with Crippen molar-refractivity contribution in [1.29, 1.82) is 0 Å². The van der Waals surface area contributed by atoms with Gasteiger partial charge in [0.05, 0.1) is 7.11 Å². The Bertz CT molecular complexity index is 513. The zero-order valence-electron chi connectivity index (χ0n) is 10.7. The molecule has 2 rings (SSSR count). The van der Waals surface area contributed by atoms with Gasteiger partial charge in [-0.25, -0.2) is 0 Å². The minimum atomic E-state index is 0.227. The van der Waals surface area contributed by atoms with Crippen LogP contribution in [0.5, 0.6) is 5.75 Å². The number of hydrogen-bond acceptors (Lipinski definition) is 3. The van der Waals surface area contributed by atoms with Crippen LogP contribution in [0.15, 0.2) is 53.4 Å². The molecule has 0 aromatic heterocycles. The van der Waals surface area contributed by atoms with E-state index in [1.807, 2.05) is 48.5 Å². The first-order valence-corrected chi connectivity index (χ1v) is 7.25. The van der Waals surface area contributed by atoms with E-state index >= 15 is 0 Å². The Morgan fingerprint density at radius 2 is 1.74 bits per heavy atom. The van der Waals surface area contributed by atoms with Crippen LogP contribution < -0.4 is 10.5 Å². The summed E-state index contributed by atoms with van der Waals surface area (Å²) in [5.41, 5.74) is 7.06. The summed E-state index contributed by atoms with van der Waals surface area (Å²) in [6.45, 7) is 0.582. The van der Waals surface area contributed by atoms with Gasteiger partial charge >= 0.3 is 0 Å². The quantitative estimate of drug-likeness (QED) is 0.842. The first kappa shape index (κ1) is 14.3. The lowest BCUT2D eigenvalue weighted by Gasteiger charge is -2.15. The molecule has 2 nitrogen and oxygen atoms in total. The van der Waals surface area contributed by atoms with Crippen LogP contribution in [-0.4, -0.2) is 13.7 Å². The van der Waals surface area contributed by atoms with Gasteiger partial charge in [0, 0.05) is 21.7 Å². The Morgan fingerprint density at radius 3 is 2.26 bits per heavy atom. The van der Waals surface area contributed by atoms with Crippen LogP contribution in [0.1, 0.15) is 10.8 Å². The second-order valence-corrected chi connectivity index (χ2v) is 5.78. The molecule has 0 aliphatic heterocycles. The highest BCUT2D eigenvalue weighted by Crippen LogP contribution is 2.35. The Morgan fingerprint density at radius 1 is 1.11 bits per heavy atom. The van der Waals surface area contributed by atoms with Gasteiger partial charge in [0.15, 0.2) is 0 Å². The maximum absolute atomic E-state index is 5.90. The zero-order chi connectivity index (χ0) is 13.7. The summed E-state index contributed by atoms with van der Waals surface area (Å²) in [5, 5.41) is 0.972. The van der Waals surface area contributed by atoms with Crippen molar-refractivity contribution in [2.45, 2.75) is 10.1 Å². The van der Waals surface area contributed by atoms with Gasteiger partial charge in [0.1, 0.15) is 5.75 Å². The third kappa shape index (κ3) is 3.90. The largest absolute Gasteiger partial charge is 0.497 e. The van der Waals surface area contributed by atoms with Crippen molar-refractivity contribution in [3.05, 3.63) is 59.1 Å². The molecule has 100 valence electrons. The molecule has 2 aromatic rings. The maximum Gasteiger partial charge on any atom is 0.118 e. The monoisotopic (exact) mass is 293 g/mol. The summed E-state index contributed by atoms with van der Waals surface area (Å²) in [5.74, 6) is 0.861. The number of ether oxygens (including phenoxy) is 1. The fourth-order valence-corrected chi connectivity index (χ4v) is 2.89. The van der Waals surface area contributed by atoms with Crippen LogP contribution in [0.3, 0.4) is 0 Å². The third-order valence-electron chi connectivity index (χ3n) is 2.79. The van der Waals surface area contributed by atoms with Gasteiger partial charge < -0.3 is 10.5 Å². The third-order valence-corrected chi connectivity index (χ3v) is 4.34. The van der Waals surface area contributed by atoms with Gasteiger partial charge in [-0.15, -0.1) is 11.8 Å². The number of nitrogens with two attached hydrogens (primary N) is 1. The smallest absolute Gasteiger partial charge is 0.118 e. The van der Waals surface area contributed by atoms with E-state index in [0.29, 0.717) is 6.54 Å². The molecule has 0 heterocycles. The fraction of sp³-hybridized carbons (Fsp3) is 0.200. The summed E-state index contributed by atoms with van der Waals surface area (Å²) in [7, 11) is 1.67. The molecule has 0 spiro atoms. The van der Waals surface area contributed by atoms with Crippen molar-refractivity contribution in [1.82, 2.24) is 0 Å². The fourth-order valence-electron chi connectivity index (χ4n) is 1.75. The van der Waals surface area contributed by atoms with E-state index in [0.717, 1.165) is 10.8 Å². The molecule has 2 aromatic carbocycles. The molecule has 1 atom stereocenters. The Hall–Kier alpha value is -1.16. The average molecular weight is 294 g/mol. The normalized spacial score (nSPS) is 12.2. The highest BCUT2D eigenvalue weighted by molar-refractivity contribution is 7.99. The molecule has 0 saturated carbocycles. The molecule has 1 unspecified atom stereocenters. The van der Waals surface area contributed by atoms with Crippen LogP contribution >= 0.6 is 23.4 Å². The molecule has 0 radical (unpaired) electrons. The molecule has 0 aliphatic carbocycles. The number of halogens is 1. The van der Waals surface area contributed by atoms with Gasteiger partial charge in [-0.3, -0.25) is 0 Å². The van der Waals surface area contributed by atoms with Crippen LogP contribution in [0.2, 0.25) is 5.02 Å². The molecule has 0 bridgehead atoms. The van der Waals surface area contributed by atoms with Crippen molar-refractivity contribution in [3.63, 3.8) is 0 Å². The number of hydrogen-bond donors (Lipinski definition) is 1. The van der Waals surface area contributed by atoms with E-state index in [4.69, 9.17) is 22.1 Å². The van der Waals surface area contributed by atoms with Gasteiger partial charge in [0.25, 0.3) is 0 Å². The topological polar surface area (TPSA) is 35.2 Å². The predicted octanol–water partition coefficient (Wildman–Crippen LogP) is 4.14. The number of methoxy groups -OCH3 is 1. The highest BCUT2D eigenvalue weighted by atomic mass is 35.5. The molecule has 0 amide bonds. The zero-order valence-corrected chi connectivity index (χ0v) is 12.2. The van der Waals surface area contributed by atoms with Crippen molar-refractivity contribution in [2.75, 3.05) is 13.7 Å². The lowest BCUT2D eigenvalue weighted by molar-refractivity contribution is 0.414. The molecular formula is C15H16ClNOS. The second kappa shape index (κ2) is 6.85. The Labute approximate surface area is 122 Å². The molecule has 2 N–H and O–H groups in total. The number of thioether (sulfide) groups is 1. The van der Waals surface area contributed by atoms with Crippen LogP contribution in [-0.2, 0) is 0 Å². The van der Waals surface area contributed by atoms with Crippen molar-refractivity contribution in [2.24, 2.45) is 5.73 Å². The molecule has 0 saturated heterocycles. The molecule has 0 aliphatic rings.